The fraction of sp³-hybridized carbons (Fsp3) is 0.235. The molecule has 0 bridgehead atoms. The van der Waals surface area contributed by atoms with Gasteiger partial charge in [-0.05, 0) is 17.7 Å². The number of anilines is 1. The molecule has 0 fully saturated rings. The van der Waals surface area contributed by atoms with Crippen molar-refractivity contribution in [1.82, 2.24) is 4.98 Å². The van der Waals surface area contributed by atoms with E-state index in [1.807, 2.05) is 30.3 Å². The number of hydrogen-bond acceptors (Lipinski definition) is 5. The maximum absolute atomic E-state index is 9.57. The highest BCUT2D eigenvalue weighted by Gasteiger charge is 2.19. The molecule has 110 valence electrons. The van der Waals surface area contributed by atoms with E-state index in [4.69, 9.17) is 5.73 Å². The van der Waals surface area contributed by atoms with E-state index in [9.17, 15) is 10.5 Å². The first-order valence-electron chi connectivity index (χ1n) is 7.04. The number of nitriles is 2. The first kappa shape index (κ1) is 15.9. The predicted molar refractivity (Wildman–Crippen MR) is 89.1 cm³/mol. The minimum atomic E-state index is 0.180. The zero-order valence-corrected chi connectivity index (χ0v) is 13.2. The Morgan fingerprint density at radius 3 is 2.41 bits per heavy atom. The molecule has 0 aliphatic carbocycles. The van der Waals surface area contributed by atoms with Gasteiger partial charge in [0.1, 0.15) is 28.5 Å². The minimum absolute atomic E-state index is 0.180. The Hall–Kier alpha value is -2.50. The number of unbranched alkanes of at least 4 members (excludes halogenated alkanes) is 1. The van der Waals surface area contributed by atoms with E-state index < -0.39 is 0 Å². The van der Waals surface area contributed by atoms with Gasteiger partial charge >= 0.3 is 0 Å². The standard InChI is InChI=1S/C17H16N4S/c1-2-3-9-22-17-14(11-19)15(12-7-5-4-6-8-12)13(10-18)16(20)21-17/h4-8H,2-3,9H2,1H3,(H2,20,21). The van der Waals surface area contributed by atoms with Crippen LogP contribution in [-0.4, -0.2) is 10.7 Å². The fourth-order valence-electron chi connectivity index (χ4n) is 2.11. The molecule has 4 nitrogen and oxygen atoms in total. The second-order valence-electron chi connectivity index (χ2n) is 4.72. The van der Waals surface area contributed by atoms with Crippen LogP contribution in [0.15, 0.2) is 35.4 Å². The monoisotopic (exact) mass is 308 g/mol. The molecule has 0 aliphatic rings. The van der Waals surface area contributed by atoms with Gasteiger partial charge in [0.25, 0.3) is 0 Å². The number of nitrogens with two attached hydrogens (primary N) is 1. The lowest BCUT2D eigenvalue weighted by Gasteiger charge is -2.12. The molecule has 1 heterocycles. The third kappa shape index (κ3) is 3.21. The molecule has 2 rings (SSSR count). The lowest BCUT2D eigenvalue weighted by atomic mass is 9.97. The lowest BCUT2D eigenvalue weighted by Crippen LogP contribution is -2.03. The van der Waals surface area contributed by atoms with Crippen LogP contribution < -0.4 is 5.73 Å². The van der Waals surface area contributed by atoms with E-state index in [2.05, 4.69) is 24.0 Å². The van der Waals surface area contributed by atoms with Crippen molar-refractivity contribution in [3.8, 4) is 23.3 Å². The molecule has 0 aliphatic heterocycles. The van der Waals surface area contributed by atoms with Gasteiger partial charge in [-0.2, -0.15) is 10.5 Å². The first-order valence-corrected chi connectivity index (χ1v) is 8.03. The van der Waals surface area contributed by atoms with E-state index in [-0.39, 0.29) is 11.4 Å². The molecular formula is C17H16N4S. The van der Waals surface area contributed by atoms with Crippen molar-refractivity contribution in [1.29, 1.82) is 10.5 Å². The van der Waals surface area contributed by atoms with Crippen molar-refractivity contribution in [3.05, 3.63) is 41.5 Å². The van der Waals surface area contributed by atoms with Gasteiger partial charge < -0.3 is 5.73 Å². The van der Waals surface area contributed by atoms with E-state index in [1.54, 1.807) is 0 Å². The van der Waals surface area contributed by atoms with Crippen LogP contribution in [0.3, 0.4) is 0 Å². The average molecular weight is 308 g/mol. The predicted octanol–water partition coefficient (Wildman–Crippen LogP) is 3.97. The van der Waals surface area contributed by atoms with Crippen LogP contribution in [0.2, 0.25) is 0 Å². The molecule has 1 aromatic heterocycles. The topological polar surface area (TPSA) is 86.5 Å². The summed E-state index contributed by atoms with van der Waals surface area (Å²) in [4.78, 5) is 4.27. The van der Waals surface area contributed by atoms with Crippen molar-refractivity contribution in [2.75, 3.05) is 11.5 Å². The van der Waals surface area contributed by atoms with Gasteiger partial charge in [-0.25, -0.2) is 4.98 Å². The lowest BCUT2D eigenvalue weighted by molar-refractivity contribution is 0.894. The van der Waals surface area contributed by atoms with Crippen LogP contribution in [-0.2, 0) is 0 Å². The molecule has 1 aromatic carbocycles. The Bertz CT molecular complexity index is 742. The minimum Gasteiger partial charge on any atom is -0.383 e. The summed E-state index contributed by atoms with van der Waals surface area (Å²) >= 11 is 1.52. The van der Waals surface area contributed by atoms with Gasteiger partial charge in [-0.15, -0.1) is 11.8 Å². The number of aromatic nitrogens is 1. The second kappa shape index (κ2) is 7.49. The molecule has 0 saturated carbocycles. The number of nitrogens with zero attached hydrogens (tertiary/aromatic N) is 3. The van der Waals surface area contributed by atoms with Gasteiger partial charge in [0, 0.05) is 5.56 Å². The maximum atomic E-state index is 9.57. The highest BCUT2D eigenvalue weighted by molar-refractivity contribution is 7.99. The Balaban J connectivity index is 2.64. The maximum Gasteiger partial charge on any atom is 0.143 e. The van der Waals surface area contributed by atoms with E-state index in [0.717, 1.165) is 24.2 Å². The molecule has 0 atom stereocenters. The van der Waals surface area contributed by atoms with Crippen LogP contribution in [0, 0.1) is 22.7 Å². The summed E-state index contributed by atoms with van der Waals surface area (Å²) in [5, 5.41) is 19.6. The molecule has 2 N–H and O–H groups in total. The number of benzene rings is 1. The van der Waals surface area contributed by atoms with Crippen LogP contribution >= 0.6 is 11.8 Å². The number of thioether (sulfide) groups is 1. The third-order valence-electron chi connectivity index (χ3n) is 3.21. The van der Waals surface area contributed by atoms with Crippen LogP contribution in [0.5, 0.6) is 0 Å². The van der Waals surface area contributed by atoms with Crippen LogP contribution in [0.4, 0.5) is 5.82 Å². The zero-order chi connectivity index (χ0) is 15.9. The summed E-state index contributed by atoms with van der Waals surface area (Å²) < 4.78 is 0. The number of rotatable bonds is 5. The molecule has 22 heavy (non-hydrogen) atoms. The summed E-state index contributed by atoms with van der Waals surface area (Å²) in [6, 6.07) is 13.7. The summed E-state index contributed by atoms with van der Waals surface area (Å²) in [6.07, 6.45) is 2.12. The van der Waals surface area contributed by atoms with Crippen molar-refractivity contribution in [2.24, 2.45) is 0 Å². The molecule has 2 aromatic rings. The number of pyridine rings is 1. The first-order chi connectivity index (χ1) is 10.7. The highest BCUT2D eigenvalue weighted by atomic mass is 32.2. The van der Waals surface area contributed by atoms with E-state index in [0.29, 0.717) is 16.2 Å². The second-order valence-corrected chi connectivity index (χ2v) is 5.80. The molecule has 0 amide bonds. The van der Waals surface area contributed by atoms with E-state index in [1.165, 1.54) is 11.8 Å². The summed E-state index contributed by atoms with van der Waals surface area (Å²) in [7, 11) is 0. The fourth-order valence-corrected chi connectivity index (χ4v) is 3.19. The molecule has 0 unspecified atom stereocenters. The largest absolute Gasteiger partial charge is 0.383 e. The third-order valence-corrected chi connectivity index (χ3v) is 4.28. The van der Waals surface area contributed by atoms with Crippen molar-refractivity contribution < 1.29 is 0 Å². The number of nitrogen functional groups attached to an aromatic ring is 1. The summed E-state index contributed by atoms with van der Waals surface area (Å²) in [5.74, 6) is 1.05. The Morgan fingerprint density at radius 2 is 1.82 bits per heavy atom. The summed E-state index contributed by atoms with van der Waals surface area (Å²) in [6.45, 7) is 2.11. The van der Waals surface area contributed by atoms with Gasteiger partial charge in [-0.1, -0.05) is 43.7 Å². The van der Waals surface area contributed by atoms with Gasteiger partial charge in [0.15, 0.2) is 0 Å². The quantitative estimate of drug-likeness (QED) is 0.667. The molecule has 0 spiro atoms. The molecule has 5 heteroatoms. The van der Waals surface area contributed by atoms with Crippen molar-refractivity contribution in [2.45, 2.75) is 24.8 Å². The highest BCUT2D eigenvalue weighted by Crippen LogP contribution is 2.35. The Morgan fingerprint density at radius 1 is 1.14 bits per heavy atom. The molecule has 0 radical (unpaired) electrons. The smallest absolute Gasteiger partial charge is 0.143 e. The van der Waals surface area contributed by atoms with E-state index >= 15 is 0 Å². The van der Waals surface area contributed by atoms with Crippen molar-refractivity contribution in [3.63, 3.8) is 0 Å². The molecular weight excluding hydrogens is 292 g/mol. The Kier molecular flexibility index (Phi) is 5.41. The van der Waals surface area contributed by atoms with Crippen LogP contribution in [0.25, 0.3) is 11.1 Å². The normalized spacial score (nSPS) is 9.95. The Labute approximate surface area is 134 Å². The molecule has 0 saturated heterocycles. The van der Waals surface area contributed by atoms with Crippen molar-refractivity contribution >= 4 is 17.6 Å². The average Bonchev–Trinajstić information content (AvgIpc) is 2.55. The zero-order valence-electron chi connectivity index (χ0n) is 12.3. The van der Waals surface area contributed by atoms with Gasteiger partial charge in [0.05, 0.1) is 5.56 Å². The summed E-state index contributed by atoms with van der Waals surface area (Å²) in [5.41, 5.74) is 8.02. The number of hydrogen-bond donors (Lipinski definition) is 1. The van der Waals surface area contributed by atoms with Gasteiger partial charge in [-0.3, -0.25) is 0 Å². The van der Waals surface area contributed by atoms with Gasteiger partial charge in [0.2, 0.25) is 0 Å². The SMILES string of the molecule is CCCCSc1nc(N)c(C#N)c(-c2ccccc2)c1C#N. The van der Waals surface area contributed by atoms with Crippen LogP contribution in [0.1, 0.15) is 30.9 Å².